The summed E-state index contributed by atoms with van der Waals surface area (Å²) in [7, 11) is 0. The molecule has 1 N–H and O–H groups in total. The van der Waals surface area contributed by atoms with Gasteiger partial charge in [0.25, 0.3) is 0 Å². The van der Waals surface area contributed by atoms with Gasteiger partial charge in [-0.1, -0.05) is 19.3 Å². The molecule has 4 bridgehead atoms. The van der Waals surface area contributed by atoms with Crippen molar-refractivity contribution in [1.82, 2.24) is 0 Å². The van der Waals surface area contributed by atoms with Gasteiger partial charge >= 0.3 is 5.97 Å². The van der Waals surface area contributed by atoms with Crippen LogP contribution < -0.4 is 0 Å². The molecule has 4 saturated carbocycles. The number of hydrogen-bond donors (Lipinski definition) is 1. The molecule has 5 rings (SSSR count). The normalized spacial score (nSPS) is 37.8. The summed E-state index contributed by atoms with van der Waals surface area (Å²) in [4.78, 5) is 11.7. The number of carboxylic acid groups (broad SMARTS) is 1. The predicted molar refractivity (Wildman–Crippen MR) is 99.7 cm³/mol. The number of aliphatic carboxylic acids is 1. The van der Waals surface area contributed by atoms with Crippen LogP contribution in [0.2, 0.25) is 0 Å². The first-order valence-electron chi connectivity index (χ1n) is 10.8. The number of epoxide rings is 1. The lowest BCUT2D eigenvalue weighted by Gasteiger charge is -2.57. The van der Waals surface area contributed by atoms with Crippen molar-refractivity contribution in [2.75, 3.05) is 13.2 Å². The summed E-state index contributed by atoms with van der Waals surface area (Å²) in [6.45, 7) is 1.59. The number of carboxylic acids is 1. The minimum Gasteiger partial charge on any atom is -0.501 e. The van der Waals surface area contributed by atoms with Gasteiger partial charge in [0.15, 0.2) is 0 Å². The maximum atomic E-state index is 11.7. The largest absolute Gasteiger partial charge is 0.501 e. The molecule has 0 aromatic heterocycles. The first-order valence-corrected chi connectivity index (χ1v) is 10.8. The number of hydrogen-bond acceptors (Lipinski definition) is 3. The van der Waals surface area contributed by atoms with Crippen LogP contribution in [0, 0.1) is 23.2 Å². The highest BCUT2D eigenvalue weighted by atomic mass is 16.6. The predicted octanol–water partition coefficient (Wildman–Crippen LogP) is 4.93. The van der Waals surface area contributed by atoms with Crippen LogP contribution in [0.1, 0.15) is 77.0 Å². The quantitative estimate of drug-likeness (QED) is 0.245. The third-order valence-corrected chi connectivity index (χ3v) is 7.17. The zero-order valence-corrected chi connectivity index (χ0v) is 16.0. The maximum Gasteiger partial charge on any atom is 0.334 e. The van der Waals surface area contributed by atoms with E-state index in [1.54, 1.807) is 6.26 Å². The molecule has 1 atom stereocenters. The number of rotatable bonds is 11. The highest BCUT2D eigenvalue weighted by Crippen LogP contribution is 2.62. The molecule has 0 spiro atoms. The Morgan fingerprint density at radius 2 is 1.65 bits per heavy atom. The van der Waals surface area contributed by atoms with E-state index in [-0.39, 0.29) is 5.41 Å². The van der Waals surface area contributed by atoms with Crippen molar-refractivity contribution in [3.63, 3.8) is 0 Å². The lowest BCUT2D eigenvalue weighted by atomic mass is 9.48. The van der Waals surface area contributed by atoms with Crippen LogP contribution in [-0.4, -0.2) is 30.4 Å². The van der Waals surface area contributed by atoms with Gasteiger partial charge in [-0.25, -0.2) is 4.79 Å². The van der Waals surface area contributed by atoms with Crippen LogP contribution in [0.5, 0.6) is 0 Å². The molecule has 0 radical (unpaired) electrons. The van der Waals surface area contributed by atoms with Crippen molar-refractivity contribution < 1.29 is 19.4 Å². The second-order valence-electron chi connectivity index (χ2n) is 9.57. The van der Waals surface area contributed by atoms with E-state index < -0.39 is 5.97 Å². The Labute approximate surface area is 157 Å². The molecule has 146 valence electrons. The highest BCUT2D eigenvalue weighted by Gasteiger charge is 2.51. The van der Waals surface area contributed by atoms with E-state index in [0.29, 0.717) is 24.7 Å². The summed E-state index contributed by atoms with van der Waals surface area (Å²) in [6, 6.07) is 0. The van der Waals surface area contributed by atoms with Gasteiger partial charge in [-0.15, -0.1) is 0 Å². The summed E-state index contributed by atoms with van der Waals surface area (Å²) in [5, 5.41) is 9.65. The minimum absolute atomic E-state index is 0.257. The topological polar surface area (TPSA) is 59.1 Å². The van der Waals surface area contributed by atoms with Crippen molar-refractivity contribution in [2.24, 2.45) is 23.2 Å². The minimum atomic E-state index is -0.787. The van der Waals surface area contributed by atoms with Crippen molar-refractivity contribution in [2.45, 2.75) is 83.2 Å². The van der Waals surface area contributed by atoms with Gasteiger partial charge in [0.05, 0.1) is 31.2 Å². The molecular formula is C22H34O4. The van der Waals surface area contributed by atoms with E-state index in [1.165, 1.54) is 57.8 Å². The second kappa shape index (κ2) is 7.92. The first kappa shape index (κ1) is 18.3. The van der Waals surface area contributed by atoms with E-state index in [4.69, 9.17) is 9.47 Å². The Bertz CT molecular complexity index is 499. The van der Waals surface area contributed by atoms with Gasteiger partial charge in [0.2, 0.25) is 0 Å². The molecule has 26 heavy (non-hydrogen) atoms. The SMILES string of the molecule is O=C(O)C(=COCCCCCCC1CO1)CC12CC3CC(CC(C3)C1)C2. The number of ether oxygens (including phenoxy) is 2. The van der Waals surface area contributed by atoms with Gasteiger partial charge in [-0.3, -0.25) is 0 Å². The van der Waals surface area contributed by atoms with Crippen molar-refractivity contribution in [1.29, 1.82) is 0 Å². The fourth-order valence-corrected chi connectivity index (χ4v) is 6.38. The third-order valence-electron chi connectivity index (χ3n) is 7.17. The van der Waals surface area contributed by atoms with E-state index in [9.17, 15) is 9.90 Å². The monoisotopic (exact) mass is 362 g/mol. The summed E-state index contributed by atoms with van der Waals surface area (Å²) >= 11 is 0. The number of carbonyl (C=O) groups is 1. The molecule has 4 aliphatic carbocycles. The van der Waals surface area contributed by atoms with E-state index in [1.807, 2.05) is 0 Å². The molecule has 5 fully saturated rings. The van der Waals surface area contributed by atoms with Gasteiger partial charge < -0.3 is 14.6 Å². The lowest BCUT2D eigenvalue weighted by Crippen LogP contribution is -2.46. The van der Waals surface area contributed by atoms with Crippen LogP contribution in [0.15, 0.2) is 11.8 Å². The Balaban J connectivity index is 1.21. The van der Waals surface area contributed by atoms with Gasteiger partial charge in [-0.05, 0) is 81.0 Å². The first-order chi connectivity index (χ1) is 12.6. The van der Waals surface area contributed by atoms with Crippen LogP contribution in [0.4, 0.5) is 0 Å². The van der Waals surface area contributed by atoms with Gasteiger partial charge in [0.1, 0.15) is 0 Å². The summed E-state index contributed by atoms with van der Waals surface area (Å²) < 4.78 is 10.9. The molecule has 1 saturated heterocycles. The van der Waals surface area contributed by atoms with Gasteiger partial charge in [-0.2, -0.15) is 0 Å². The summed E-state index contributed by atoms with van der Waals surface area (Å²) in [5.74, 6) is 1.79. The van der Waals surface area contributed by atoms with E-state index in [2.05, 4.69) is 0 Å². The molecule has 0 aromatic rings. The summed E-state index contributed by atoms with van der Waals surface area (Å²) in [5.41, 5.74) is 0.755. The zero-order valence-electron chi connectivity index (χ0n) is 16.0. The average Bonchev–Trinajstić information content (AvgIpc) is 3.39. The second-order valence-corrected chi connectivity index (χ2v) is 9.57. The smallest absolute Gasteiger partial charge is 0.334 e. The Kier molecular flexibility index (Phi) is 5.58. The van der Waals surface area contributed by atoms with Crippen molar-refractivity contribution in [3.05, 3.63) is 11.8 Å². The molecule has 0 amide bonds. The van der Waals surface area contributed by atoms with Crippen LogP contribution in [-0.2, 0) is 14.3 Å². The summed E-state index contributed by atoms with van der Waals surface area (Å²) in [6.07, 6.45) is 16.5. The molecule has 4 heteroatoms. The fourth-order valence-electron chi connectivity index (χ4n) is 6.38. The lowest BCUT2D eigenvalue weighted by molar-refractivity contribution is -0.134. The highest BCUT2D eigenvalue weighted by molar-refractivity contribution is 5.86. The fraction of sp³-hybridized carbons (Fsp3) is 0.864. The standard InChI is InChI=1S/C22H34O4/c23-21(24)19(14-25-6-4-2-1-3-5-20-15-26-20)13-22-10-16-7-17(11-22)9-18(8-16)12-22/h14,16-18,20H,1-13,15H2,(H,23,24). The Morgan fingerprint density at radius 1 is 1.04 bits per heavy atom. The van der Waals surface area contributed by atoms with Crippen LogP contribution in [0.25, 0.3) is 0 Å². The van der Waals surface area contributed by atoms with Crippen LogP contribution in [0.3, 0.4) is 0 Å². The van der Waals surface area contributed by atoms with Gasteiger partial charge in [0, 0.05) is 0 Å². The molecule has 1 heterocycles. The molecular weight excluding hydrogens is 328 g/mol. The van der Waals surface area contributed by atoms with E-state index in [0.717, 1.165) is 37.2 Å². The maximum absolute atomic E-state index is 11.7. The Hall–Kier alpha value is -1.03. The zero-order chi connectivity index (χ0) is 18.0. The molecule has 5 aliphatic rings. The average molecular weight is 363 g/mol. The van der Waals surface area contributed by atoms with Crippen molar-refractivity contribution in [3.8, 4) is 0 Å². The molecule has 1 aliphatic heterocycles. The van der Waals surface area contributed by atoms with Crippen molar-refractivity contribution >= 4 is 5.97 Å². The molecule has 4 nitrogen and oxygen atoms in total. The Morgan fingerprint density at radius 3 is 2.23 bits per heavy atom. The number of unbranched alkanes of at least 4 members (excludes halogenated alkanes) is 3. The van der Waals surface area contributed by atoms with Crippen LogP contribution >= 0.6 is 0 Å². The van der Waals surface area contributed by atoms with E-state index >= 15 is 0 Å². The molecule has 0 aromatic carbocycles. The molecule has 1 unspecified atom stereocenters. The third kappa shape index (κ3) is 4.62.